The normalized spacial score (nSPS) is 10.9. The van der Waals surface area contributed by atoms with E-state index >= 15 is 0 Å². The second kappa shape index (κ2) is 7.22. The zero-order valence-electron chi connectivity index (χ0n) is 14.3. The third-order valence-electron chi connectivity index (χ3n) is 3.73. The van der Waals surface area contributed by atoms with E-state index < -0.39 is 0 Å². The van der Waals surface area contributed by atoms with Crippen LogP contribution in [0.2, 0.25) is 4.34 Å². The standard InChI is InChI=1S/C18H13ClN4O2S2/c1-9-15(27-18(20-9)13-7-8-14(19)26-13)17(24)22-12-6-4-3-5-11(12)16-21-10(2)25-23-16/h3-8H,1-2H3,(H,22,24). The lowest BCUT2D eigenvalue weighted by molar-refractivity contribution is 0.103. The summed E-state index contributed by atoms with van der Waals surface area (Å²) >= 11 is 8.77. The molecule has 3 aromatic heterocycles. The average molecular weight is 417 g/mol. The second-order valence-electron chi connectivity index (χ2n) is 5.67. The van der Waals surface area contributed by atoms with E-state index in [1.807, 2.05) is 37.3 Å². The molecule has 0 bridgehead atoms. The SMILES string of the molecule is Cc1nc(-c2ccccc2NC(=O)c2sc(-c3ccc(Cl)s3)nc2C)no1. The second-order valence-corrected chi connectivity index (χ2v) is 8.39. The van der Waals surface area contributed by atoms with Crippen molar-refractivity contribution in [1.29, 1.82) is 0 Å². The number of carbonyl (C=O) groups excluding carboxylic acids is 1. The van der Waals surface area contributed by atoms with E-state index in [4.69, 9.17) is 16.1 Å². The predicted octanol–water partition coefficient (Wildman–Crippen LogP) is 5.44. The van der Waals surface area contributed by atoms with Crippen LogP contribution in [-0.4, -0.2) is 21.0 Å². The van der Waals surface area contributed by atoms with E-state index in [9.17, 15) is 4.79 Å². The van der Waals surface area contributed by atoms with Crippen molar-refractivity contribution in [3.63, 3.8) is 0 Å². The number of nitrogens with one attached hydrogen (secondary N) is 1. The number of thiazole rings is 1. The number of nitrogens with zero attached hydrogens (tertiary/aromatic N) is 3. The summed E-state index contributed by atoms with van der Waals surface area (Å²) in [5.41, 5.74) is 1.97. The fourth-order valence-electron chi connectivity index (χ4n) is 2.52. The molecule has 1 amide bonds. The highest BCUT2D eigenvalue weighted by atomic mass is 35.5. The maximum absolute atomic E-state index is 12.8. The van der Waals surface area contributed by atoms with Crippen LogP contribution in [0.15, 0.2) is 40.9 Å². The molecule has 0 aliphatic rings. The van der Waals surface area contributed by atoms with Gasteiger partial charge >= 0.3 is 0 Å². The molecule has 0 aliphatic heterocycles. The van der Waals surface area contributed by atoms with Crippen LogP contribution in [0.1, 0.15) is 21.3 Å². The minimum Gasteiger partial charge on any atom is -0.339 e. The number of anilines is 1. The lowest BCUT2D eigenvalue weighted by Crippen LogP contribution is -2.12. The van der Waals surface area contributed by atoms with Gasteiger partial charge in [0.25, 0.3) is 5.91 Å². The molecule has 0 radical (unpaired) electrons. The summed E-state index contributed by atoms with van der Waals surface area (Å²) in [6.45, 7) is 3.54. The molecule has 3 heterocycles. The first-order valence-electron chi connectivity index (χ1n) is 7.95. The average Bonchev–Trinajstić information content (AvgIpc) is 3.35. The summed E-state index contributed by atoms with van der Waals surface area (Å²) in [6, 6.07) is 11.0. The van der Waals surface area contributed by atoms with Crippen molar-refractivity contribution < 1.29 is 9.32 Å². The van der Waals surface area contributed by atoms with Gasteiger partial charge in [0.2, 0.25) is 11.7 Å². The van der Waals surface area contributed by atoms with Crippen LogP contribution in [0.5, 0.6) is 0 Å². The summed E-state index contributed by atoms with van der Waals surface area (Å²) < 4.78 is 5.73. The Hall–Kier alpha value is -2.55. The van der Waals surface area contributed by atoms with E-state index in [2.05, 4.69) is 20.4 Å². The highest BCUT2D eigenvalue weighted by Crippen LogP contribution is 2.35. The van der Waals surface area contributed by atoms with Gasteiger partial charge < -0.3 is 9.84 Å². The Balaban J connectivity index is 1.63. The van der Waals surface area contributed by atoms with Crippen LogP contribution in [0.4, 0.5) is 5.69 Å². The molecule has 1 N–H and O–H groups in total. The van der Waals surface area contributed by atoms with Gasteiger partial charge in [0.05, 0.1) is 20.6 Å². The van der Waals surface area contributed by atoms with Gasteiger partial charge in [0, 0.05) is 12.5 Å². The molecule has 9 heteroatoms. The van der Waals surface area contributed by atoms with Crippen LogP contribution >= 0.6 is 34.3 Å². The van der Waals surface area contributed by atoms with Crippen molar-refractivity contribution >= 4 is 45.9 Å². The van der Waals surface area contributed by atoms with Crippen molar-refractivity contribution in [2.75, 3.05) is 5.32 Å². The maximum atomic E-state index is 12.8. The smallest absolute Gasteiger partial charge is 0.267 e. The Morgan fingerprint density at radius 2 is 1.93 bits per heavy atom. The van der Waals surface area contributed by atoms with E-state index in [0.29, 0.717) is 37.9 Å². The summed E-state index contributed by atoms with van der Waals surface area (Å²) in [4.78, 5) is 23.1. The number of amides is 1. The Labute approximate surface area is 167 Å². The largest absolute Gasteiger partial charge is 0.339 e. The van der Waals surface area contributed by atoms with Crippen LogP contribution < -0.4 is 5.32 Å². The van der Waals surface area contributed by atoms with Crippen molar-refractivity contribution in [3.05, 3.63) is 57.2 Å². The summed E-state index contributed by atoms with van der Waals surface area (Å²) in [5.74, 6) is 0.661. The molecule has 0 saturated heterocycles. The predicted molar refractivity (Wildman–Crippen MR) is 108 cm³/mol. The molecule has 1 aromatic carbocycles. The quantitative estimate of drug-likeness (QED) is 0.478. The van der Waals surface area contributed by atoms with Gasteiger partial charge in [-0.1, -0.05) is 28.9 Å². The van der Waals surface area contributed by atoms with Crippen molar-refractivity contribution in [3.8, 4) is 21.3 Å². The van der Waals surface area contributed by atoms with E-state index in [1.54, 1.807) is 13.0 Å². The molecule has 4 aromatic rings. The molecular formula is C18H13ClN4O2S2. The molecule has 0 spiro atoms. The van der Waals surface area contributed by atoms with Gasteiger partial charge in [-0.05, 0) is 31.2 Å². The van der Waals surface area contributed by atoms with Crippen LogP contribution in [0, 0.1) is 13.8 Å². The number of carbonyl (C=O) groups is 1. The van der Waals surface area contributed by atoms with Gasteiger partial charge in [0.1, 0.15) is 9.88 Å². The van der Waals surface area contributed by atoms with Crippen LogP contribution in [-0.2, 0) is 0 Å². The number of aromatic nitrogens is 3. The van der Waals surface area contributed by atoms with E-state index in [-0.39, 0.29) is 5.91 Å². The number of para-hydroxylation sites is 1. The lowest BCUT2D eigenvalue weighted by Gasteiger charge is -2.07. The number of hydrogen-bond donors (Lipinski definition) is 1. The summed E-state index contributed by atoms with van der Waals surface area (Å²) in [7, 11) is 0. The van der Waals surface area contributed by atoms with Gasteiger partial charge in [-0.3, -0.25) is 4.79 Å². The van der Waals surface area contributed by atoms with Crippen LogP contribution in [0.3, 0.4) is 0 Å². The highest BCUT2D eigenvalue weighted by Gasteiger charge is 2.19. The number of halogens is 1. The number of aryl methyl sites for hydroxylation is 2. The minimum atomic E-state index is -0.230. The number of benzene rings is 1. The molecule has 0 aliphatic carbocycles. The van der Waals surface area contributed by atoms with Crippen molar-refractivity contribution in [1.82, 2.24) is 15.1 Å². The Bertz CT molecular complexity index is 1130. The van der Waals surface area contributed by atoms with E-state index in [1.165, 1.54) is 22.7 Å². The molecule has 27 heavy (non-hydrogen) atoms. The topological polar surface area (TPSA) is 80.9 Å². The number of hydrogen-bond acceptors (Lipinski definition) is 7. The first-order valence-corrected chi connectivity index (χ1v) is 9.96. The van der Waals surface area contributed by atoms with Gasteiger partial charge in [0.15, 0.2) is 0 Å². The molecule has 0 saturated carbocycles. The monoisotopic (exact) mass is 416 g/mol. The fraction of sp³-hybridized carbons (Fsp3) is 0.111. The molecule has 0 atom stereocenters. The molecule has 136 valence electrons. The number of thiophene rings is 1. The summed E-state index contributed by atoms with van der Waals surface area (Å²) in [5, 5.41) is 7.64. The lowest BCUT2D eigenvalue weighted by atomic mass is 10.1. The third-order valence-corrected chi connectivity index (χ3v) is 6.29. The van der Waals surface area contributed by atoms with E-state index in [0.717, 1.165) is 9.88 Å². The highest BCUT2D eigenvalue weighted by molar-refractivity contribution is 7.24. The summed E-state index contributed by atoms with van der Waals surface area (Å²) in [6.07, 6.45) is 0. The molecule has 0 fully saturated rings. The Morgan fingerprint density at radius 3 is 2.63 bits per heavy atom. The maximum Gasteiger partial charge on any atom is 0.267 e. The van der Waals surface area contributed by atoms with Gasteiger partial charge in [-0.25, -0.2) is 4.98 Å². The zero-order chi connectivity index (χ0) is 19.0. The van der Waals surface area contributed by atoms with Gasteiger partial charge in [-0.15, -0.1) is 22.7 Å². The first kappa shape index (κ1) is 17.8. The molecule has 0 unspecified atom stereocenters. The van der Waals surface area contributed by atoms with Crippen molar-refractivity contribution in [2.45, 2.75) is 13.8 Å². The minimum absolute atomic E-state index is 0.230. The van der Waals surface area contributed by atoms with Gasteiger partial charge in [-0.2, -0.15) is 4.98 Å². The van der Waals surface area contributed by atoms with Crippen molar-refractivity contribution in [2.24, 2.45) is 0 Å². The zero-order valence-corrected chi connectivity index (χ0v) is 16.7. The Morgan fingerprint density at radius 1 is 1.11 bits per heavy atom. The molecular weight excluding hydrogens is 404 g/mol. The molecule has 6 nitrogen and oxygen atoms in total. The Kier molecular flexibility index (Phi) is 4.77. The first-order chi connectivity index (χ1) is 13.0. The van der Waals surface area contributed by atoms with Crippen LogP contribution in [0.25, 0.3) is 21.3 Å². The fourth-order valence-corrected chi connectivity index (χ4v) is 4.58. The molecule has 4 rings (SSSR count). The number of rotatable bonds is 4. The third kappa shape index (κ3) is 3.64.